The molecule has 2 amide bonds. The van der Waals surface area contributed by atoms with Crippen molar-refractivity contribution in [1.82, 2.24) is 5.32 Å². The van der Waals surface area contributed by atoms with Crippen molar-refractivity contribution < 1.29 is 23.9 Å². The largest absolute Gasteiger partial charge is 0.456 e. The molecule has 1 atom stereocenters. The lowest BCUT2D eigenvalue weighted by atomic mass is 10.1. The third-order valence-electron chi connectivity index (χ3n) is 4.55. The Hall–Kier alpha value is -3.13. The van der Waals surface area contributed by atoms with Gasteiger partial charge in [-0.3, -0.25) is 14.4 Å². The highest BCUT2D eigenvalue weighted by molar-refractivity contribution is 7.98. The normalized spacial score (nSPS) is 11.3. The zero-order chi connectivity index (χ0) is 23.3. The van der Waals surface area contributed by atoms with Crippen LogP contribution in [0.15, 0.2) is 54.6 Å². The summed E-state index contributed by atoms with van der Waals surface area (Å²) in [5, 5.41) is 5.44. The van der Waals surface area contributed by atoms with Crippen molar-refractivity contribution in [2.45, 2.75) is 32.2 Å². The van der Waals surface area contributed by atoms with E-state index >= 15 is 0 Å². The number of amides is 2. The van der Waals surface area contributed by atoms with E-state index in [1.165, 1.54) is 0 Å². The molecule has 0 aliphatic heterocycles. The summed E-state index contributed by atoms with van der Waals surface area (Å²) in [5.74, 6) is -0.841. The lowest BCUT2D eigenvalue weighted by molar-refractivity contribution is -0.144. The molecule has 2 aromatic carbocycles. The molecule has 0 saturated carbocycles. The number of anilines is 1. The molecule has 170 valence electrons. The van der Waals surface area contributed by atoms with Crippen molar-refractivity contribution in [2.75, 3.05) is 23.9 Å². The molecule has 0 fully saturated rings. The fourth-order valence-electron chi connectivity index (χ4n) is 2.83. The predicted molar refractivity (Wildman–Crippen MR) is 126 cm³/mol. The van der Waals surface area contributed by atoms with Crippen LogP contribution in [0.2, 0.25) is 0 Å². The second-order valence-electron chi connectivity index (χ2n) is 7.08. The molecule has 2 aromatic rings. The van der Waals surface area contributed by atoms with Crippen molar-refractivity contribution in [2.24, 2.45) is 0 Å². The van der Waals surface area contributed by atoms with Crippen LogP contribution in [0, 0.1) is 0 Å². The molecule has 0 saturated heterocycles. The topological polar surface area (TPSA) is 102 Å². The van der Waals surface area contributed by atoms with E-state index in [0.717, 1.165) is 6.42 Å². The summed E-state index contributed by atoms with van der Waals surface area (Å²) in [6.07, 6.45) is 3.46. The van der Waals surface area contributed by atoms with Crippen LogP contribution < -0.4 is 10.6 Å². The van der Waals surface area contributed by atoms with Gasteiger partial charge in [-0.05, 0) is 61.2 Å². The number of ketones is 1. The first-order valence-electron chi connectivity index (χ1n) is 10.4. The van der Waals surface area contributed by atoms with E-state index in [9.17, 15) is 19.2 Å². The van der Waals surface area contributed by atoms with Crippen LogP contribution in [-0.2, 0) is 14.3 Å². The van der Waals surface area contributed by atoms with Gasteiger partial charge in [-0.25, -0.2) is 4.79 Å². The van der Waals surface area contributed by atoms with E-state index in [0.29, 0.717) is 35.4 Å². The number of thioether (sulfide) groups is 1. The lowest BCUT2D eigenvalue weighted by Gasteiger charge is -2.17. The molecule has 0 bridgehead atoms. The van der Waals surface area contributed by atoms with Crippen LogP contribution in [0.4, 0.5) is 5.69 Å². The summed E-state index contributed by atoms with van der Waals surface area (Å²) in [6.45, 7) is 1.48. The monoisotopic (exact) mass is 456 g/mol. The molecule has 0 aliphatic rings. The maximum atomic E-state index is 12.5. The number of ether oxygens (including phenoxy) is 1. The minimum Gasteiger partial charge on any atom is -0.456 e. The maximum absolute atomic E-state index is 12.5. The first kappa shape index (κ1) is 25.1. The molecule has 0 aromatic heterocycles. The highest BCUT2D eigenvalue weighted by Gasteiger charge is 2.23. The molecule has 32 heavy (non-hydrogen) atoms. The molecule has 2 N–H and O–H groups in total. The number of hydrogen-bond donors (Lipinski definition) is 2. The van der Waals surface area contributed by atoms with Crippen molar-refractivity contribution in [3.8, 4) is 0 Å². The Labute approximate surface area is 192 Å². The Morgan fingerprint density at radius 2 is 1.66 bits per heavy atom. The van der Waals surface area contributed by atoms with Gasteiger partial charge in [-0.15, -0.1) is 0 Å². The average molecular weight is 457 g/mol. The van der Waals surface area contributed by atoms with Crippen molar-refractivity contribution in [1.29, 1.82) is 0 Å². The van der Waals surface area contributed by atoms with Gasteiger partial charge in [0, 0.05) is 23.2 Å². The number of Topliss-reactive ketones (excluding diaryl/α,β-unsaturated/α-hetero) is 1. The summed E-state index contributed by atoms with van der Waals surface area (Å²) in [7, 11) is 0. The summed E-state index contributed by atoms with van der Waals surface area (Å²) >= 11 is 1.54. The smallest absolute Gasteiger partial charge is 0.329 e. The molecule has 0 radical (unpaired) electrons. The van der Waals surface area contributed by atoms with Gasteiger partial charge in [0.15, 0.2) is 12.4 Å². The van der Waals surface area contributed by atoms with Gasteiger partial charge in [-0.2, -0.15) is 11.8 Å². The molecule has 2 rings (SSSR count). The van der Waals surface area contributed by atoms with Gasteiger partial charge >= 0.3 is 5.97 Å². The zero-order valence-corrected chi connectivity index (χ0v) is 19.1. The molecular weight excluding hydrogens is 428 g/mol. The Bertz CT molecular complexity index is 916. The van der Waals surface area contributed by atoms with Crippen LogP contribution in [0.3, 0.4) is 0 Å². The molecule has 8 heteroatoms. The van der Waals surface area contributed by atoms with Gasteiger partial charge in [0.05, 0.1) is 0 Å². The Morgan fingerprint density at radius 3 is 2.28 bits per heavy atom. The van der Waals surface area contributed by atoms with E-state index in [1.54, 1.807) is 66.4 Å². The molecule has 0 spiro atoms. The van der Waals surface area contributed by atoms with E-state index in [-0.39, 0.29) is 17.6 Å². The third-order valence-corrected chi connectivity index (χ3v) is 5.19. The standard InChI is InChI=1S/C24H28N2O5S/c1-3-7-22(28)25-19-12-10-17(11-13-19)21(27)16-31-24(30)20(14-15-32-2)26-23(29)18-8-5-4-6-9-18/h4-6,8-13,20H,3,7,14-16H2,1-2H3,(H,25,28)(H,26,29). The van der Waals surface area contributed by atoms with E-state index in [4.69, 9.17) is 4.74 Å². The third kappa shape index (κ3) is 8.19. The van der Waals surface area contributed by atoms with E-state index < -0.39 is 18.6 Å². The summed E-state index contributed by atoms with van der Waals surface area (Å²) in [4.78, 5) is 49.0. The minimum absolute atomic E-state index is 0.0886. The molecule has 0 aliphatic carbocycles. The summed E-state index contributed by atoms with van der Waals surface area (Å²) < 4.78 is 5.20. The highest BCUT2D eigenvalue weighted by atomic mass is 32.2. The van der Waals surface area contributed by atoms with Gasteiger partial charge < -0.3 is 15.4 Å². The van der Waals surface area contributed by atoms with Crippen LogP contribution in [-0.4, -0.2) is 48.2 Å². The molecule has 0 heterocycles. The van der Waals surface area contributed by atoms with Crippen LogP contribution >= 0.6 is 11.8 Å². The summed E-state index contributed by atoms with van der Waals surface area (Å²) in [6, 6.07) is 14.1. The quantitative estimate of drug-likeness (QED) is 0.373. The first-order chi connectivity index (χ1) is 15.4. The van der Waals surface area contributed by atoms with Crippen molar-refractivity contribution >= 4 is 41.0 Å². The number of benzene rings is 2. The zero-order valence-electron chi connectivity index (χ0n) is 18.3. The number of nitrogens with one attached hydrogen (secondary N) is 2. The molecule has 7 nitrogen and oxygen atoms in total. The van der Waals surface area contributed by atoms with Gasteiger partial charge in [0.25, 0.3) is 5.91 Å². The minimum atomic E-state index is -0.848. The average Bonchev–Trinajstić information content (AvgIpc) is 2.81. The van der Waals surface area contributed by atoms with Gasteiger partial charge in [0.1, 0.15) is 6.04 Å². The number of esters is 1. The highest BCUT2D eigenvalue weighted by Crippen LogP contribution is 2.12. The maximum Gasteiger partial charge on any atom is 0.329 e. The van der Waals surface area contributed by atoms with Crippen molar-refractivity contribution in [3.63, 3.8) is 0 Å². The predicted octanol–water partition coefficient (Wildman–Crippen LogP) is 3.70. The SMILES string of the molecule is CCCC(=O)Nc1ccc(C(=O)COC(=O)C(CCSC)NC(=O)c2ccccc2)cc1. The second-order valence-corrected chi connectivity index (χ2v) is 8.07. The number of carbonyl (C=O) groups is 4. The number of carbonyl (C=O) groups excluding carboxylic acids is 4. The Balaban J connectivity index is 1.92. The fraction of sp³-hybridized carbons (Fsp3) is 0.333. The molecular formula is C24H28N2O5S. The van der Waals surface area contributed by atoms with Crippen molar-refractivity contribution in [3.05, 3.63) is 65.7 Å². The first-order valence-corrected chi connectivity index (χ1v) is 11.8. The van der Waals surface area contributed by atoms with E-state index in [1.807, 2.05) is 13.2 Å². The van der Waals surface area contributed by atoms with Crippen LogP contribution in [0.25, 0.3) is 0 Å². The fourth-order valence-corrected chi connectivity index (χ4v) is 3.30. The van der Waals surface area contributed by atoms with Gasteiger partial charge in [0.2, 0.25) is 5.91 Å². The lowest BCUT2D eigenvalue weighted by Crippen LogP contribution is -2.42. The number of rotatable bonds is 12. The molecule has 1 unspecified atom stereocenters. The number of hydrogen-bond acceptors (Lipinski definition) is 6. The van der Waals surface area contributed by atoms with Crippen LogP contribution in [0.1, 0.15) is 46.9 Å². The Kier molecular flexibility index (Phi) is 10.5. The van der Waals surface area contributed by atoms with E-state index in [2.05, 4.69) is 10.6 Å². The summed E-state index contributed by atoms with van der Waals surface area (Å²) in [5.41, 5.74) is 1.40. The van der Waals surface area contributed by atoms with Crippen LogP contribution in [0.5, 0.6) is 0 Å². The van der Waals surface area contributed by atoms with Gasteiger partial charge in [-0.1, -0.05) is 25.1 Å². The Morgan fingerprint density at radius 1 is 0.969 bits per heavy atom. The second kappa shape index (κ2) is 13.3.